The molecule has 2 amide bonds. The Morgan fingerprint density at radius 1 is 0.774 bits per heavy atom. The first-order valence-electron chi connectivity index (χ1n) is 19.7. The van der Waals surface area contributed by atoms with Crippen LogP contribution in [0.3, 0.4) is 0 Å². The van der Waals surface area contributed by atoms with Crippen LogP contribution in [0, 0.1) is 37.0 Å². The van der Waals surface area contributed by atoms with E-state index < -0.39 is 65.1 Å². The summed E-state index contributed by atoms with van der Waals surface area (Å²) in [7, 11) is 2.79. The number of amides is 2. The van der Waals surface area contributed by atoms with Crippen molar-refractivity contribution in [3.8, 4) is 48.5 Å². The van der Waals surface area contributed by atoms with E-state index in [1.54, 1.807) is 43.5 Å². The number of terminal acetylenes is 3. The third kappa shape index (κ3) is 9.37. The fourth-order valence-electron chi connectivity index (χ4n) is 8.02. The molecule has 12 nitrogen and oxygen atoms in total. The van der Waals surface area contributed by atoms with E-state index in [0.717, 1.165) is 27.8 Å². The highest BCUT2D eigenvalue weighted by molar-refractivity contribution is 8.01. The number of thioether (sulfide) groups is 1. The second-order valence-corrected chi connectivity index (χ2v) is 15.6. The number of benzene rings is 4. The van der Waals surface area contributed by atoms with Crippen molar-refractivity contribution in [1.29, 1.82) is 0 Å². The topological polar surface area (TPSA) is 128 Å². The molecule has 1 saturated heterocycles. The quantitative estimate of drug-likeness (QED) is 0.0971. The summed E-state index contributed by atoms with van der Waals surface area (Å²) in [6.07, 6.45) is 10.4. The zero-order chi connectivity index (χ0) is 44.3. The molecule has 2 heterocycles. The number of imide groups is 1. The van der Waals surface area contributed by atoms with Gasteiger partial charge < -0.3 is 37.9 Å². The first-order chi connectivity index (χ1) is 30.1. The Labute approximate surface area is 366 Å². The van der Waals surface area contributed by atoms with E-state index in [9.17, 15) is 14.4 Å². The monoisotopic (exact) mass is 857 g/mol. The van der Waals surface area contributed by atoms with E-state index in [1.165, 1.54) is 21.0 Å². The summed E-state index contributed by atoms with van der Waals surface area (Å²) in [4.78, 5) is 41.3. The van der Waals surface area contributed by atoms with Crippen LogP contribution in [0.15, 0.2) is 114 Å². The third-order valence-electron chi connectivity index (χ3n) is 10.5. The molecule has 1 unspecified atom stereocenters. The Balaban J connectivity index is 1.62. The summed E-state index contributed by atoms with van der Waals surface area (Å²) in [5.74, 6) is 6.34. The summed E-state index contributed by atoms with van der Waals surface area (Å²) in [5.41, 5.74) is 0.672. The van der Waals surface area contributed by atoms with Crippen molar-refractivity contribution >= 4 is 29.5 Å². The van der Waals surface area contributed by atoms with Crippen LogP contribution in [0.25, 0.3) is 0 Å². The minimum absolute atomic E-state index is 0.229. The molecule has 0 spiro atoms. The smallest absolute Gasteiger partial charge is 0.349 e. The molecule has 62 heavy (non-hydrogen) atoms. The Morgan fingerprint density at radius 2 is 1.34 bits per heavy atom. The maximum absolute atomic E-state index is 14.3. The van der Waals surface area contributed by atoms with Gasteiger partial charge in [0.25, 0.3) is 0 Å². The van der Waals surface area contributed by atoms with Crippen LogP contribution in [0.4, 0.5) is 0 Å². The normalized spacial score (nSPS) is 22.1. The van der Waals surface area contributed by atoms with E-state index >= 15 is 0 Å². The summed E-state index contributed by atoms with van der Waals surface area (Å²) in [6.45, 7) is 1.55. The first-order valence-corrected chi connectivity index (χ1v) is 20.5. The molecule has 0 N–H and O–H groups in total. The molecule has 0 saturated carbocycles. The van der Waals surface area contributed by atoms with Gasteiger partial charge in [-0.3, -0.25) is 14.5 Å². The molecular weight excluding hydrogens is 811 g/mol. The van der Waals surface area contributed by atoms with E-state index in [0.29, 0.717) is 22.0 Å². The molecule has 4 aromatic carbocycles. The number of carbonyl (C=O) groups excluding carboxylic acids is 3. The lowest BCUT2D eigenvalue weighted by Crippen LogP contribution is -2.70. The molecule has 0 radical (unpaired) electrons. The van der Waals surface area contributed by atoms with Gasteiger partial charge in [0.15, 0.2) is 5.60 Å². The minimum atomic E-state index is -1.89. The molecule has 4 aromatic rings. The Bertz CT molecular complexity index is 2250. The minimum Gasteiger partial charge on any atom is -0.497 e. The van der Waals surface area contributed by atoms with Crippen LogP contribution in [0.5, 0.6) is 11.5 Å². The lowest BCUT2D eigenvalue weighted by Gasteiger charge is -2.52. The van der Waals surface area contributed by atoms with Crippen LogP contribution in [-0.2, 0) is 48.4 Å². The van der Waals surface area contributed by atoms with Gasteiger partial charge in [0.05, 0.1) is 26.4 Å². The third-order valence-corrected chi connectivity index (χ3v) is 11.8. The van der Waals surface area contributed by atoms with E-state index in [-0.39, 0.29) is 26.2 Å². The Hall–Kier alpha value is -6.08. The van der Waals surface area contributed by atoms with E-state index in [2.05, 4.69) is 17.8 Å². The van der Waals surface area contributed by atoms with Crippen molar-refractivity contribution in [2.75, 3.05) is 34.0 Å². The van der Waals surface area contributed by atoms with Gasteiger partial charge in [0, 0.05) is 30.7 Å². The highest BCUT2D eigenvalue weighted by Crippen LogP contribution is 2.52. The van der Waals surface area contributed by atoms with Gasteiger partial charge in [0.2, 0.25) is 23.0 Å². The predicted molar refractivity (Wildman–Crippen MR) is 231 cm³/mol. The van der Waals surface area contributed by atoms with Crippen molar-refractivity contribution in [2.24, 2.45) is 0 Å². The molecule has 7 atom stereocenters. The van der Waals surface area contributed by atoms with Crippen molar-refractivity contribution in [2.45, 2.75) is 72.4 Å². The summed E-state index contributed by atoms with van der Waals surface area (Å²) in [6, 6.07) is 32.1. The molecule has 0 aromatic heterocycles. The average molecular weight is 858 g/mol. The van der Waals surface area contributed by atoms with Crippen molar-refractivity contribution in [1.82, 2.24) is 4.90 Å². The van der Waals surface area contributed by atoms with Gasteiger partial charge in [0.1, 0.15) is 49.6 Å². The van der Waals surface area contributed by atoms with Crippen LogP contribution >= 0.6 is 11.8 Å². The van der Waals surface area contributed by atoms with Crippen LogP contribution in [0.1, 0.15) is 37.0 Å². The molecule has 13 heteroatoms. The number of fused-ring (bicyclic) bond motifs is 1. The van der Waals surface area contributed by atoms with Crippen molar-refractivity contribution in [3.05, 3.63) is 126 Å². The fraction of sp³-hybridized carbons (Fsp3) is 0.327. The van der Waals surface area contributed by atoms with Crippen LogP contribution in [-0.4, -0.2) is 98.4 Å². The lowest BCUT2D eigenvalue weighted by molar-refractivity contribution is -0.272. The maximum atomic E-state index is 14.3. The number of hydrogen-bond donors (Lipinski definition) is 0. The fourth-order valence-corrected chi connectivity index (χ4v) is 9.27. The maximum Gasteiger partial charge on any atom is 0.349 e. The van der Waals surface area contributed by atoms with E-state index in [1.807, 2.05) is 72.8 Å². The second kappa shape index (κ2) is 20.7. The number of hydrogen-bond acceptors (Lipinski definition) is 12. The average Bonchev–Trinajstić information content (AvgIpc) is 3.29. The number of ether oxygens (including phenoxy) is 8. The van der Waals surface area contributed by atoms with Gasteiger partial charge in [-0.2, -0.15) is 0 Å². The molecule has 0 aliphatic carbocycles. The summed E-state index contributed by atoms with van der Waals surface area (Å²) >= 11 is 1.05. The first kappa shape index (κ1) is 45.4. The Kier molecular flexibility index (Phi) is 15.1. The van der Waals surface area contributed by atoms with Gasteiger partial charge in [-0.05, 0) is 41.5 Å². The molecule has 320 valence electrons. The number of rotatable bonds is 16. The molecule has 6 rings (SSSR count). The number of esters is 1. The number of nitrogens with zero attached hydrogens (tertiary/aromatic N) is 1. The summed E-state index contributed by atoms with van der Waals surface area (Å²) in [5, 5.41) is 0. The van der Waals surface area contributed by atoms with E-state index in [4.69, 9.17) is 57.2 Å². The molecule has 2 aliphatic rings. The van der Waals surface area contributed by atoms with Gasteiger partial charge in [-0.15, -0.1) is 19.3 Å². The van der Waals surface area contributed by atoms with Gasteiger partial charge in [-0.25, -0.2) is 4.79 Å². The zero-order valence-electron chi connectivity index (χ0n) is 34.8. The Morgan fingerprint density at radius 3 is 1.87 bits per heavy atom. The predicted octanol–water partition coefficient (Wildman–Crippen LogP) is 5.99. The lowest BCUT2D eigenvalue weighted by atomic mass is 9.78. The second-order valence-electron chi connectivity index (χ2n) is 14.2. The number of methoxy groups -OCH3 is 2. The molecule has 0 bridgehead atoms. The highest BCUT2D eigenvalue weighted by atomic mass is 32.2. The SMILES string of the molecule is C#CCO[C@@H]([C@@H]1O[C@@](Sc2ccccc2)(C(=O)OC)C[C@H](OCC#C)[C@H]1N(C(C)=O)C(C)=O)[C@H](OCC#C)C1Oc2ccc(OC)cc2C(c2ccccc2)(c2ccccc2)O1. The molecule has 2 aliphatic heterocycles. The van der Waals surface area contributed by atoms with Gasteiger partial charge >= 0.3 is 5.97 Å². The van der Waals surface area contributed by atoms with Crippen LogP contribution in [0.2, 0.25) is 0 Å². The number of carbonyl (C=O) groups is 3. The zero-order valence-corrected chi connectivity index (χ0v) is 35.6. The van der Waals surface area contributed by atoms with Gasteiger partial charge in [-0.1, -0.05) is 108 Å². The van der Waals surface area contributed by atoms with Crippen LogP contribution < -0.4 is 9.47 Å². The molecule has 1 fully saturated rings. The summed E-state index contributed by atoms with van der Waals surface area (Å²) < 4.78 is 51.6. The van der Waals surface area contributed by atoms with Crippen molar-refractivity contribution < 1.29 is 52.3 Å². The largest absolute Gasteiger partial charge is 0.497 e. The van der Waals surface area contributed by atoms with Crippen molar-refractivity contribution in [3.63, 3.8) is 0 Å². The molecular formula is C49H47NO11S. The highest BCUT2D eigenvalue weighted by Gasteiger charge is 2.61. The standard InChI is InChI=1S/C49H47NO11S/c1-8-28-56-41-32-48(47(53)55-7,62-38-24-18-13-19-25-38)60-43(42(41)50(33(4)51)34(5)52)44(57-29-9-2)45(58-30-10-3)46-59-40-27-26-37(54-6)31-39(40)49(61-46,35-20-14-11-15-21-35)36-22-16-12-17-23-36/h1-3,11-27,31,41-46H,28-30,32H2,4-7H3/t41-,42+,43+,44-,45-,46?,48-/m0/s1.